The molecule has 2 aromatic rings. The number of carbonyl (C=O) groups is 1. The van der Waals surface area contributed by atoms with Crippen LogP contribution in [0.1, 0.15) is 18.9 Å². The molecule has 0 saturated carbocycles. The number of sulfonamides is 1. The lowest BCUT2D eigenvalue weighted by atomic mass is 10.1. The number of piperazine rings is 1. The molecule has 0 atom stereocenters. The standard InChI is InChI=1S/C21H28N4O3S2/c1-3-4-17-5-7-18(8-6-17)23-20(26)16-29-21-10-9-19(15-22-21)30(27,28)25-13-11-24(2)12-14-25/h5-10,15H,3-4,11-14,16H2,1-2H3,(H,23,26). The number of hydrogen-bond donors (Lipinski definition) is 1. The largest absolute Gasteiger partial charge is 0.325 e. The minimum Gasteiger partial charge on any atom is -0.325 e. The minimum atomic E-state index is -3.53. The predicted molar refractivity (Wildman–Crippen MR) is 120 cm³/mol. The van der Waals surface area contributed by atoms with Crippen LogP contribution in [-0.4, -0.2) is 67.5 Å². The van der Waals surface area contributed by atoms with Gasteiger partial charge in [0, 0.05) is 38.1 Å². The molecule has 1 aromatic carbocycles. The second-order valence-electron chi connectivity index (χ2n) is 7.32. The van der Waals surface area contributed by atoms with Gasteiger partial charge in [-0.3, -0.25) is 4.79 Å². The summed E-state index contributed by atoms with van der Waals surface area (Å²) in [5.74, 6) is 0.0769. The van der Waals surface area contributed by atoms with Gasteiger partial charge in [0.15, 0.2) is 0 Å². The van der Waals surface area contributed by atoms with Crippen molar-refractivity contribution < 1.29 is 13.2 Å². The van der Waals surface area contributed by atoms with Gasteiger partial charge in [0.1, 0.15) is 4.90 Å². The van der Waals surface area contributed by atoms with E-state index in [-0.39, 0.29) is 16.6 Å². The Bertz CT molecular complexity index is 939. The number of likely N-dealkylation sites (N-methyl/N-ethyl adjacent to an activating group) is 1. The maximum absolute atomic E-state index is 12.7. The van der Waals surface area contributed by atoms with E-state index in [1.165, 1.54) is 27.8 Å². The van der Waals surface area contributed by atoms with Crippen molar-refractivity contribution in [3.05, 3.63) is 48.2 Å². The van der Waals surface area contributed by atoms with Crippen molar-refractivity contribution >= 4 is 33.4 Å². The topological polar surface area (TPSA) is 82.6 Å². The Kier molecular flexibility index (Phi) is 7.87. The van der Waals surface area contributed by atoms with Gasteiger partial charge in [-0.15, -0.1) is 0 Å². The van der Waals surface area contributed by atoms with Gasteiger partial charge in [0.25, 0.3) is 0 Å². The molecule has 1 N–H and O–H groups in total. The molecule has 1 fully saturated rings. The summed E-state index contributed by atoms with van der Waals surface area (Å²) in [6, 6.07) is 11.1. The van der Waals surface area contributed by atoms with Crippen molar-refractivity contribution in [2.24, 2.45) is 0 Å². The van der Waals surface area contributed by atoms with Crippen LogP contribution in [0.15, 0.2) is 52.5 Å². The zero-order valence-electron chi connectivity index (χ0n) is 17.4. The Labute approximate surface area is 182 Å². The van der Waals surface area contributed by atoms with Crippen molar-refractivity contribution in [2.45, 2.75) is 29.7 Å². The Morgan fingerprint density at radius 2 is 1.80 bits per heavy atom. The van der Waals surface area contributed by atoms with E-state index in [2.05, 4.69) is 22.1 Å². The molecule has 9 heteroatoms. The first kappa shape index (κ1) is 22.7. The summed E-state index contributed by atoms with van der Waals surface area (Å²) in [6.07, 6.45) is 3.49. The molecule has 0 radical (unpaired) electrons. The zero-order chi connectivity index (χ0) is 21.6. The van der Waals surface area contributed by atoms with Crippen LogP contribution >= 0.6 is 11.8 Å². The van der Waals surface area contributed by atoms with E-state index in [1.807, 2.05) is 31.3 Å². The van der Waals surface area contributed by atoms with Gasteiger partial charge in [-0.05, 0) is 43.3 Å². The fraction of sp³-hybridized carbons (Fsp3) is 0.429. The highest BCUT2D eigenvalue weighted by Crippen LogP contribution is 2.21. The molecule has 2 heterocycles. The molecule has 3 rings (SSSR count). The van der Waals surface area contributed by atoms with E-state index in [1.54, 1.807) is 12.1 Å². The highest BCUT2D eigenvalue weighted by atomic mass is 32.2. The highest BCUT2D eigenvalue weighted by Gasteiger charge is 2.27. The molecule has 1 aromatic heterocycles. The average Bonchev–Trinajstić information content (AvgIpc) is 2.74. The molecule has 1 aliphatic rings. The zero-order valence-corrected chi connectivity index (χ0v) is 19.0. The van der Waals surface area contributed by atoms with Crippen LogP contribution in [0.25, 0.3) is 0 Å². The monoisotopic (exact) mass is 448 g/mol. The third-order valence-electron chi connectivity index (χ3n) is 4.94. The van der Waals surface area contributed by atoms with Crippen LogP contribution in [0.2, 0.25) is 0 Å². The Hall–Kier alpha value is -1.94. The molecular weight excluding hydrogens is 420 g/mol. The Morgan fingerprint density at radius 3 is 2.40 bits per heavy atom. The lowest BCUT2D eigenvalue weighted by Crippen LogP contribution is -2.47. The van der Waals surface area contributed by atoms with Gasteiger partial charge in [0.2, 0.25) is 15.9 Å². The van der Waals surface area contributed by atoms with Crippen LogP contribution < -0.4 is 5.32 Å². The van der Waals surface area contributed by atoms with Gasteiger partial charge >= 0.3 is 0 Å². The third kappa shape index (κ3) is 6.04. The fourth-order valence-electron chi connectivity index (χ4n) is 3.16. The normalized spacial score (nSPS) is 15.8. The van der Waals surface area contributed by atoms with Gasteiger partial charge in [-0.25, -0.2) is 13.4 Å². The number of carbonyl (C=O) groups excluding carboxylic acids is 1. The fourth-order valence-corrected chi connectivity index (χ4v) is 5.17. The number of rotatable bonds is 8. The second kappa shape index (κ2) is 10.4. The van der Waals surface area contributed by atoms with Crippen LogP contribution in [-0.2, 0) is 21.2 Å². The first-order valence-corrected chi connectivity index (χ1v) is 12.5. The van der Waals surface area contributed by atoms with Crippen molar-refractivity contribution in [1.29, 1.82) is 0 Å². The molecule has 0 unspecified atom stereocenters. The van der Waals surface area contributed by atoms with Crippen LogP contribution in [0.4, 0.5) is 5.69 Å². The molecule has 1 aliphatic heterocycles. The maximum atomic E-state index is 12.7. The van der Waals surface area contributed by atoms with Crippen molar-refractivity contribution in [2.75, 3.05) is 44.3 Å². The second-order valence-corrected chi connectivity index (χ2v) is 10.3. The minimum absolute atomic E-state index is 0.126. The predicted octanol–water partition coefficient (Wildman–Crippen LogP) is 2.70. The molecule has 7 nitrogen and oxygen atoms in total. The van der Waals surface area contributed by atoms with Gasteiger partial charge in [0.05, 0.1) is 10.8 Å². The van der Waals surface area contributed by atoms with E-state index in [0.29, 0.717) is 18.1 Å². The molecule has 0 aliphatic carbocycles. The summed E-state index contributed by atoms with van der Waals surface area (Å²) in [7, 11) is -1.55. The molecule has 162 valence electrons. The Morgan fingerprint density at radius 1 is 1.10 bits per heavy atom. The molecule has 1 saturated heterocycles. The quantitative estimate of drug-likeness (QED) is 0.626. The number of benzene rings is 1. The lowest BCUT2D eigenvalue weighted by Gasteiger charge is -2.31. The Balaban J connectivity index is 1.52. The first-order chi connectivity index (χ1) is 14.4. The van der Waals surface area contributed by atoms with Crippen molar-refractivity contribution in [3.8, 4) is 0 Å². The number of pyridine rings is 1. The number of anilines is 1. The lowest BCUT2D eigenvalue weighted by molar-refractivity contribution is -0.113. The van der Waals surface area contributed by atoms with Crippen LogP contribution in [0.5, 0.6) is 0 Å². The molecule has 30 heavy (non-hydrogen) atoms. The first-order valence-electron chi connectivity index (χ1n) is 10.0. The van der Waals surface area contributed by atoms with Gasteiger partial charge < -0.3 is 10.2 Å². The van der Waals surface area contributed by atoms with Gasteiger partial charge in [-0.2, -0.15) is 4.31 Å². The number of nitrogens with zero attached hydrogens (tertiary/aromatic N) is 3. The number of amides is 1. The maximum Gasteiger partial charge on any atom is 0.244 e. The summed E-state index contributed by atoms with van der Waals surface area (Å²) in [4.78, 5) is 18.7. The number of thioether (sulfide) groups is 1. The summed E-state index contributed by atoms with van der Waals surface area (Å²) in [5.41, 5.74) is 2.02. The van der Waals surface area contributed by atoms with Crippen LogP contribution in [0, 0.1) is 0 Å². The van der Waals surface area contributed by atoms with E-state index in [0.717, 1.165) is 31.6 Å². The molecule has 0 bridgehead atoms. The summed E-state index contributed by atoms with van der Waals surface area (Å²) in [6.45, 7) is 4.53. The number of nitrogens with one attached hydrogen (secondary N) is 1. The molecular formula is C21H28N4O3S2. The number of hydrogen-bond acceptors (Lipinski definition) is 6. The smallest absolute Gasteiger partial charge is 0.244 e. The highest BCUT2D eigenvalue weighted by molar-refractivity contribution is 7.99. The van der Waals surface area contributed by atoms with E-state index in [4.69, 9.17) is 0 Å². The molecule has 0 spiro atoms. The SMILES string of the molecule is CCCc1ccc(NC(=O)CSc2ccc(S(=O)(=O)N3CCN(C)CC3)cn2)cc1. The summed E-state index contributed by atoms with van der Waals surface area (Å²) >= 11 is 1.28. The molecule has 1 amide bonds. The summed E-state index contributed by atoms with van der Waals surface area (Å²) in [5, 5.41) is 3.48. The number of aromatic nitrogens is 1. The van der Waals surface area contributed by atoms with Crippen molar-refractivity contribution in [1.82, 2.24) is 14.2 Å². The third-order valence-corrected chi connectivity index (χ3v) is 7.76. The van der Waals surface area contributed by atoms with E-state index in [9.17, 15) is 13.2 Å². The van der Waals surface area contributed by atoms with Crippen molar-refractivity contribution in [3.63, 3.8) is 0 Å². The summed E-state index contributed by atoms with van der Waals surface area (Å²) < 4.78 is 27.0. The van der Waals surface area contributed by atoms with E-state index >= 15 is 0 Å². The van der Waals surface area contributed by atoms with E-state index < -0.39 is 10.0 Å². The van der Waals surface area contributed by atoms with Gasteiger partial charge in [-0.1, -0.05) is 37.2 Å². The van der Waals surface area contributed by atoms with Crippen LogP contribution in [0.3, 0.4) is 0 Å². The average molecular weight is 449 g/mol. The number of aryl methyl sites for hydroxylation is 1.